The van der Waals surface area contributed by atoms with Crippen LogP contribution in [0, 0.1) is 0 Å². The first-order valence-electron chi connectivity index (χ1n) is 6.34. The lowest BCUT2D eigenvalue weighted by atomic mass is 10.1. The highest BCUT2D eigenvalue weighted by Crippen LogP contribution is 2.27. The van der Waals surface area contributed by atoms with E-state index < -0.39 is 10.0 Å². The van der Waals surface area contributed by atoms with Gasteiger partial charge in [0, 0.05) is 24.1 Å². The molecule has 1 fully saturated rings. The molecule has 1 atom stereocenters. The lowest BCUT2D eigenvalue weighted by Gasteiger charge is -2.35. The minimum Gasteiger partial charge on any atom is -0.305 e. The van der Waals surface area contributed by atoms with Gasteiger partial charge in [0.1, 0.15) is 0 Å². The monoisotopic (exact) mass is 346 g/mol. The number of halogens is 1. The summed E-state index contributed by atoms with van der Waals surface area (Å²) >= 11 is 3.32. The second-order valence-electron chi connectivity index (χ2n) is 5.01. The van der Waals surface area contributed by atoms with Crippen LogP contribution in [-0.4, -0.2) is 50.8 Å². The molecular formula is C13H19BrN2O2S. The Kier molecular flexibility index (Phi) is 4.66. The van der Waals surface area contributed by atoms with Crippen molar-refractivity contribution in [2.45, 2.75) is 23.8 Å². The minimum absolute atomic E-state index is 0.0517. The van der Waals surface area contributed by atoms with Gasteiger partial charge in [0.2, 0.25) is 10.0 Å². The zero-order chi connectivity index (χ0) is 14.0. The summed E-state index contributed by atoms with van der Waals surface area (Å²) in [6.07, 6.45) is 1.96. The zero-order valence-corrected chi connectivity index (χ0v) is 13.6. The molecule has 1 saturated heterocycles. The predicted molar refractivity (Wildman–Crippen MR) is 79.6 cm³/mol. The summed E-state index contributed by atoms with van der Waals surface area (Å²) in [7, 11) is 0.279. The maximum atomic E-state index is 12.6. The van der Waals surface area contributed by atoms with E-state index >= 15 is 0 Å². The SMILES string of the molecule is CN1CCCC(N(C)S(=O)(=O)c2ccccc2Br)C1. The van der Waals surface area contributed by atoms with Gasteiger partial charge in [0.15, 0.2) is 0 Å². The Hall–Kier alpha value is -0.430. The Labute approximate surface area is 123 Å². The third-order valence-corrected chi connectivity index (χ3v) is 6.53. The molecule has 0 bridgehead atoms. The molecule has 0 aliphatic carbocycles. The Morgan fingerprint density at radius 2 is 2.05 bits per heavy atom. The summed E-state index contributed by atoms with van der Waals surface area (Å²) in [4.78, 5) is 2.52. The van der Waals surface area contributed by atoms with E-state index in [0.29, 0.717) is 9.37 Å². The summed E-state index contributed by atoms with van der Waals surface area (Å²) in [5.41, 5.74) is 0. The largest absolute Gasteiger partial charge is 0.305 e. The molecule has 1 aliphatic rings. The van der Waals surface area contributed by atoms with Crippen LogP contribution in [0.1, 0.15) is 12.8 Å². The smallest absolute Gasteiger partial charge is 0.244 e. The van der Waals surface area contributed by atoms with E-state index in [1.807, 2.05) is 13.1 Å². The Morgan fingerprint density at radius 3 is 2.68 bits per heavy atom. The van der Waals surface area contributed by atoms with Crippen molar-refractivity contribution in [3.05, 3.63) is 28.7 Å². The van der Waals surface area contributed by atoms with Crippen molar-refractivity contribution in [2.75, 3.05) is 27.2 Å². The van der Waals surface area contributed by atoms with E-state index in [0.717, 1.165) is 25.9 Å². The molecule has 19 heavy (non-hydrogen) atoms. The summed E-state index contributed by atoms with van der Waals surface area (Å²) < 4.78 is 27.4. The molecular weight excluding hydrogens is 328 g/mol. The highest BCUT2D eigenvalue weighted by atomic mass is 79.9. The number of benzene rings is 1. The first-order valence-corrected chi connectivity index (χ1v) is 8.57. The predicted octanol–water partition coefficient (Wildman–Crippen LogP) is 2.16. The van der Waals surface area contributed by atoms with Crippen LogP contribution in [0.3, 0.4) is 0 Å². The molecule has 0 saturated carbocycles. The van der Waals surface area contributed by atoms with Crippen molar-refractivity contribution in [1.29, 1.82) is 0 Å². The summed E-state index contributed by atoms with van der Waals surface area (Å²) in [6, 6.07) is 7.02. The van der Waals surface area contributed by atoms with Crippen LogP contribution in [0.15, 0.2) is 33.6 Å². The molecule has 1 heterocycles. The minimum atomic E-state index is -3.43. The van der Waals surface area contributed by atoms with Gasteiger partial charge in [-0.05, 0) is 54.5 Å². The van der Waals surface area contributed by atoms with Gasteiger partial charge >= 0.3 is 0 Å². The lowest BCUT2D eigenvalue weighted by molar-refractivity contribution is 0.187. The number of likely N-dealkylation sites (tertiary alicyclic amines) is 1. The molecule has 0 amide bonds. The quantitative estimate of drug-likeness (QED) is 0.841. The van der Waals surface area contributed by atoms with Gasteiger partial charge in [-0.3, -0.25) is 0 Å². The maximum Gasteiger partial charge on any atom is 0.244 e. The molecule has 2 rings (SSSR count). The molecule has 4 nitrogen and oxygen atoms in total. The molecule has 6 heteroatoms. The topological polar surface area (TPSA) is 40.6 Å². The number of hydrogen-bond acceptors (Lipinski definition) is 3. The molecule has 1 aromatic rings. The van der Waals surface area contributed by atoms with Gasteiger partial charge in [0.25, 0.3) is 0 Å². The molecule has 0 N–H and O–H groups in total. The van der Waals surface area contributed by atoms with Gasteiger partial charge < -0.3 is 4.90 Å². The normalized spacial score (nSPS) is 21.8. The maximum absolute atomic E-state index is 12.6. The molecule has 1 unspecified atom stereocenters. The van der Waals surface area contributed by atoms with Crippen molar-refractivity contribution in [1.82, 2.24) is 9.21 Å². The van der Waals surface area contributed by atoms with E-state index in [9.17, 15) is 8.42 Å². The third-order valence-electron chi connectivity index (χ3n) is 3.61. The highest BCUT2D eigenvalue weighted by Gasteiger charge is 2.31. The molecule has 106 valence electrons. The molecule has 0 aromatic heterocycles. The van der Waals surface area contributed by atoms with E-state index in [2.05, 4.69) is 20.8 Å². The molecule has 1 aromatic carbocycles. The second-order valence-corrected chi connectivity index (χ2v) is 7.83. The van der Waals surface area contributed by atoms with Crippen LogP contribution in [0.5, 0.6) is 0 Å². The fraction of sp³-hybridized carbons (Fsp3) is 0.538. The van der Waals surface area contributed by atoms with Gasteiger partial charge in [-0.1, -0.05) is 12.1 Å². The molecule has 0 radical (unpaired) electrons. The Bertz CT molecular complexity index is 547. The number of piperidine rings is 1. The number of likely N-dealkylation sites (N-methyl/N-ethyl adjacent to an activating group) is 2. The number of rotatable bonds is 3. The van der Waals surface area contributed by atoms with E-state index in [1.54, 1.807) is 25.2 Å². The molecule has 0 spiro atoms. The zero-order valence-electron chi connectivity index (χ0n) is 11.2. The van der Waals surface area contributed by atoms with Crippen LogP contribution in [0.4, 0.5) is 0 Å². The first-order chi connectivity index (χ1) is 8.93. The third kappa shape index (κ3) is 3.18. The lowest BCUT2D eigenvalue weighted by Crippen LogP contribution is -2.47. The van der Waals surface area contributed by atoms with Gasteiger partial charge in [-0.15, -0.1) is 0 Å². The number of hydrogen-bond donors (Lipinski definition) is 0. The van der Waals surface area contributed by atoms with Crippen LogP contribution in [0.25, 0.3) is 0 Å². The van der Waals surface area contributed by atoms with Crippen LogP contribution in [0.2, 0.25) is 0 Å². The first kappa shape index (κ1) is 15.0. The Morgan fingerprint density at radius 1 is 1.37 bits per heavy atom. The van der Waals surface area contributed by atoms with Crippen molar-refractivity contribution >= 4 is 26.0 Å². The van der Waals surface area contributed by atoms with Crippen LogP contribution < -0.4 is 0 Å². The summed E-state index contributed by atoms with van der Waals surface area (Å²) in [5.74, 6) is 0. The van der Waals surface area contributed by atoms with E-state index in [-0.39, 0.29) is 6.04 Å². The van der Waals surface area contributed by atoms with Crippen LogP contribution in [-0.2, 0) is 10.0 Å². The summed E-state index contributed by atoms with van der Waals surface area (Å²) in [5, 5.41) is 0. The van der Waals surface area contributed by atoms with Crippen molar-refractivity contribution in [3.63, 3.8) is 0 Å². The second kappa shape index (κ2) is 5.91. The fourth-order valence-electron chi connectivity index (χ4n) is 2.44. The average molecular weight is 347 g/mol. The van der Waals surface area contributed by atoms with E-state index in [4.69, 9.17) is 0 Å². The highest BCUT2D eigenvalue weighted by molar-refractivity contribution is 9.10. The van der Waals surface area contributed by atoms with Gasteiger partial charge in [-0.2, -0.15) is 4.31 Å². The van der Waals surface area contributed by atoms with Crippen LogP contribution >= 0.6 is 15.9 Å². The van der Waals surface area contributed by atoms with Gasteiger partial charge in [0.05, 0.1) is 4.90 Å². The molecule has 1 aliphatic heterocycles. The number of nitrogens with zero attached hydrogens (tertiary/aromatic N) is 2. The van der Waals surface area contributed by atoms with Crippen molar-refractivity contribution in [3.8, 4) is 0 Å². The van der Waals surface area contributed by atoms with E-state index in [1.165, 1.54) is 4.31 Å². The van der Waals surface area contributed by atoms with Crippen molar-refractivity contribution in [2.24, 2.45) is 0 Å². The number of sulfonamides is 1. The van der Waals surface area contributed by atoms with Gasteiger partial charge in [-0.25, -0.2) is 8.42 Å². The standard InChI is InChI=1S/C13H19BrN2O2S/c1-15-9-5-6-11(10-15)16(2)19(17,18)13-8-4-3-7-12(13)14/h3-4,7-8,11H,5-6,9-10H2,1-2H3. The Balaban J connectivity index is 2.27. The summed E-state index contributed by atoms with van der Waals surface area (Å²) in [6.45, 7) is 1.83. The fourth-order valence-corrected chi connectivity index (χ4v) is 4.78. The average Bonchev–Trinajstić information content (AvgIpc) is 2.38. The van der Waals surface area contributed by atoms with Crippen molar-refractivity contribution < 1.29 is 8.42 Å².